The van der Waals surface area contributed by atoms with Crippen LogP contribution in [0.3, 0.4) is 0 Å². The number of allylic oxidation sites excluding steroid dienone is 2. The molecule has 0 heterocycles. The number of unbranched alkanes of at least 4 members (excludes halogenated alkanes) is 12. The Morgan fingerprint density at radius 1 is 0.568 bits per heavy atom. The molecule has 0 saturated carbocycles. The van der Waals surface area contributed by atoms with Gasteiger partial charge in [0, 0.05) is 6.42 Å². The highest BCUT2D eigenvalue weighted by Gasteiger charge is 2.38. The van der Waals surface area contributed by atoms with Crippen LogP contribution in [0.15, 0.2) is 12.2 Å². The van der Waals surface area contributed by atoms with Crippen molar-refractivity contribution in [2.24, 2.45) is 17.8 Å². The van der Waals surface area contributed by atoms with E-state index in [1.54, 1.807) is 20.8 Å². The van der Waals surface area contributed by atoms with Gasteiger partial charge in [-0.3, -0.25) is 14.4 Å². The number of aliphatic carboxylic acids is 3. The van der Waals surface area contributed by atoms with Crippen LogP contribution >= 0.6 is 0 Å². The standard InChI is InChI=1S/C30H55NO6/c1-5-6-7-8-9-10-11-12-13-14-15-16-17-18-19-20-21-31(22-25(2)28(32)33,23-26(3)29(34)35)24-27(4)30(36)37/h17-18,25-27H,5-16,19-24H2,1-4H3,(H2-,32,33,34,35,36,37)/p+1/b18-17+. The second-order valence-electron chi connectivity index (χ2n) is 11.3. The zero-order valence-electron chi connectivity index (χ0n) is 24.1. The van der Waals surface area contributed by atoms with Crippen LogP contribution in [0.4, 0.5) is 0 Å². The quantitative estimate of drug-likeness (QED) is 0.0670. The van der Waals surface area contributed by atoms with Crippen LogP contribution < -0.4 is 0 Å². The molecule has 0 aliphatic carbocycles. The van der Waals surface area contributed by atoms with Crippen molar-refractivity contribution in [1.29, 1.82) is 0 Å². The highest BCUT2D eigenvalue weighted by atomic mass is 16.4. The first-order valence-electron chi connectivity index (χ1n) is 14.7. The molecule has 0 amide bonds. The first-order valence-corrected chi connectivity index (χ1v) is 14.7. The molecule has 37 heavy (non-hydrogen) atoms. The second-order valence-corrected chi connectivity index (χ2v) is 11.3. The van der Waals surface area contributed by atoms with Gasteiger partial charge in [-0.1, -0.05) is 83.3 Å². The fourth-order valence-electron chi connectivity index (χ4n) is 5.18. The van der Waals surface area contributed by atoms with Crippen molar-refractivity contribution in [3.63, 3.8) is 0 Å². The topological polar surface area (TPSA) is 112 Å². The minimum absolute atomic E-state index is 0.195. The second kappa shape index (κ2) is 21.1. The Morgan fingerprint density at radius 3 is 1.24 bits per heavy atom. The minimum Gasteiger partial charge on any atom is -0.481 e. The van der Waals surface area contributed by atoms with E-state index in [4.69, 9.17) is 0 Å². The normalized spacial score (nSPS) is 15.8. The zero-order valence-corrected chi connectivity index (χ0v) is 24.1. The molecular weight excluding hydrogens is 470 g/mol. The lowest BCUT2D eigenvalue weighted by molar-refractivity contribution is -0.934. The predicted octanol–water partition coefficient (Wildman–Crippen LogP) is 7.00. The molecule has 0 radical (unpaired) electrons. The van der Waals surface area contributed by atoms with Crippen LogP contribution in [0.1, 0.15) is 118 Å². The molecule has 3 atom stereocenters. The molecule has 0 aliphatic heterocycles. The number of hydrogen-bond donors (Lipinski definition) is 3. The largest absolute Gasteiger partial charge is 0.481 e. The van der Waals surface area contributed by atoms with E-state index in [0.717, 1.165) is 19.3 Å². The van der Waals surface area contributed by atoms with Gasteiger partial charge in [0.25, 0.3) is 0 Å². The lowest BCUT2D eigenvalue weighted by Gasteiger charge is -2.42. The van der Waals surface area contributed by atoms with Gasteiger partial charge in [-0.05, 0) is 40.0 Å². The first-order chi connectivity index (χ1) is 17.5. The summed E-state index contributed by atoms with van der Waals surface area (Å²) in [7, 11) is 0. The van der Waals surface area contributed by atoms with E-state index >= 15 is 0 Å². The van der Waals surface area contributed by atoms with Crippen LogP contribution in [0.5, 0.6) is 0 Å². The average molecular weight is 527 g/mol. The van der Waals surface area contributed by atoms with E-state index in [1.165, 1.54) is 70.6 Å². The third-order valence-corrected chi connectivity index (χ3v) is 7.39. The summed E-state index contributed by atoms with van der Waals surface area (Å²) in [6, 6.07) is 0. The molecule has 0 aliphatic rings. The molecule has 0 bridgehead atoms. The van der Waals surface area contributed by atoms with Gasteiger partial charge in [-0.25, -0.2) is 0 Å². The fourth-order valence-corrected chi connectivity index (χ4v) is 5.18. The Hall–Kier alpha value is -1.89. The summed E-state index contributed by atoms with van der Waals surface area (Å²) in [6.07, 6.45) is 21.6. The van der Waals surface area contributed by atoms with Crippen LogP contribution in [-0.4, -0.2) is 63.9 Å². The third-order valence-electron chi connectivity index (χ3n) is 7.39. The van der Waals surface area contributed by atoms with Gasteiger partial charge < -0.3 is 19.8 Å². The van der Waals surface area contributed by atoms with Gasteiger partial charge in [-0.2, -0.15) is 0 Å². The summed E-state index contributed by atoms with van der Waals surface area (Å²) in [5, 5.41) is 28.5. The van der Waals surface area contributed by atoms with Crippen LogP contribution in [0, 0.1) is 17.8 Å². The predicted molar refractivity (Wildman–Crippen MR) is 150 cm³/mol. The Labute approximate surface area is 225 Å². The van der Waals surface area contributed by atoms with E-state index < -0.39 is 35.7 Å². The Bertz CT molecular complexity index is 607. The number of nitrogens with zero attached hydrogens (tertiary/aromatic N) is 1. The number of carboxylic acids is 3. The van der Waals surface area contributed by atoms with Crippen molar-refractivity contribution < 1.29 is 34.2 Å². The molecule has 0 fully saturated rings. The summed E-state index contributed by atoms with van der Waals surface area (Å²) in [4.78, 5) is 34.8. The molecule has 0 aromatic heterocycles. The SMILES string of the molecule is CCCCCCCCCCCCC/C=C/CCC[N+](CC(C)C(=O)O)(CC(C)C(=O)O)CC(C)C(=O)O. The van der Waals surface area contributed by atoms with Gasteiger partial charge in [0.1, 0.15) is 17.8 Å². The first kappa shape index (κ1) is 35.1. The van der Waals surface area contributed by atoms with Crippen molar-refractivity contribution in [3.05, 3.63) is 12.2 Å². The molecule has 0 rings (SSSR count). The molecular formula is C30H56NO6+. The fraction of sp³-hybridized carbons (Fsp3) is 0.833. The highest BCUT2D eigenvalue weighted by Crippen LogP contribution is 2.21. The molecule has 3 N–H and O–H groups in total. The Balaban J connectivity index is 4.58. The molecule has 7 heteroatoms. The molecule has 3 unspecified atom stereocenters. The van der Waals surface area contributed by atoms with Crippen LogP contribution in [0.2, 0.25) is 0 Å². The number of rotatable bonds is 25. The van der Waals surface area contributed by atoms with E-state index in [2.05, 4.69) is 19.1 Å². The third kappa shape index (κ3) is 18.1. The maximum Gasteiger partial charge on any atom is 0.311 e. The Kier molecular flexibility index (Phi) is 20.0. The lowest BCUT2D eigenvalue weighted by Crippen LogP contribution is -2.57. The molecule has 0 aromatic rings. The molecule has 0 spiro atoms. The van der Waals surface area contributed by atoms with E-state index in [0.29, 0.717) is 6.54 Å². The average Bonchev–Trinajstić information content (AvgIpc) is 2.83. The van der Waals surface area contributed by atoms with Gasteiger partial charge in [0.05, 0.1) is 26.2 Å². The maximum atomic E-state index is 11.6. The number of quaternary nitrogens is 1. The summed E-state index contributed by atoms with van der Waals surface area (Å²) in [6.45, 7) is 8.34. The maximum absolute atomic E-state index is 11.6. The van der Waals surface area contributed by atoms with Crippen molar-refractivity contribution in [3.8, 4) is 0 Å². The summed E-state index contributed by atoms with van der Waals surface area (Å²) < 4.78 is 0.195. The van der Waals surface area contributed by atoms with Crippen molar-refractivity contribution in [2.75, 3.05) is 26.2 Å². The minimum atomic E-state index is -0.944. The summed E-state index contributed by atoms with van der Waals surface area (Å²) in [5.74, 6) is -4.88. The van der Waals surface area contributed by atoms with E-state index in [1.807, 2.05) is 0 Å². The number of carboxylic acid groups (broad SMARTS) is 3. The van der Waals surface area contributed by atoms with Gasteiger partial charge in [0.2, 0.25) is 0 Å². The lowest BCUT2D eigenvalue weighted by atomic mass is 10.0. The molecule has 7 nitrogen and oxygen atoms in total. The van der Waals surface area contributed by atoms with Crippen LogP contribution in [0.25, 0.3) is 0 Å². The number of hydrogen-bond acceptors (Lipinski definition) is 3. The van der Waals surface area contributed by atoms with Gasteiger partial charge in [0.15, 0.2) is 0 Å². The van der Waals surface area contributed by atoms with Crippen LogP contribution in [-0.2, 0) is 14.4 Å². The summed E-state index contributed by atoms with van der Waals surface area (Å²) in [5.41, 5.74) is 0. The highest BCUT2D eigenvalue weighted by molar-refractivity contribution is 5.70. The van der Waals surface area contributed by atoms with E-state index in [9.17, 15) is 29.7 Å². The van der Waals surface area contributed by atoms with E-state index in [-0.39, 0.29) is 24.1 Å². The van der Waals surface area contributed by atoms with Gasteiger partial charge >= 0.3 is 17.9 Å². The molecule has 0 aromatic carbocycles. The van der Waals surface area contributed by atoms with Crippen molar-refractivity contribution in [1.82, 2.24) is 0 Å². The molecule has 216 valence electrons. The monoisotopic (exact) mass is 526 g/mol. The zero-order chi connectivity index (χ0) is 28.1. The molecule has 0 saturated heterocycles. The smallest absolute Gasteiger partial charge is 0.311 e. The van der Waals surface area contributed by atoms with Gasteiger partial charge in [-0.15, -0.1) is 0 Å². The van der Waals surface area contributed by atoms with Crippen molar-refractivity contribution in [2.45, 2.75) is 118 Å². The summed E-state index contributed by atoms with van der Waals surface area (Å²) >= 11 is 0. The van der Waals surface area contributed by atoms with Crippen molar-refractivity contribution >= 4 is 17.9 Å². The Morgan fingerprint density at radius 2 is 0.892 bits per heavy atom. The number of carbonyl (C=O) groups is 3.